The lowest BCUT2D eigenvalue weighted by atomic mass is 10.1. The van der Waals surface area contributed by atoms with Crippen LogP contribution in [0.25, 0.3) is 16.8 Å². The summed E-state index contributed by atoms with van der Waals surface area (Å²) in [6.45, 7) is 1.60. The van der Waals surface area contributed by atoms with E-state index < -0.39 is 6.03 Å². The van der Waals surface area contributed by atoms with Crippen molar-refractivity contribution in [3.8, 4) is 11.3 Å². The number of nitrogens with two attached hydrogens (primary N) is 1. The highest BCUT2D eigenvalue weighted by Crippen LogP contribution is 2.25. The number of pyridine rings is 1. The van der Waals surface area contributed by atoms with Gasteiger partial charge in [0.1, 0.15) is 0 Å². The van der Waals surface area contributed by atoms with Crippen LogP contribution in [0.2, 0.25) is 0 Å². The van der Waals surface area contributed by atoms with Crippen molar-refractivity contribution in [1.82, 2.24) is 14.5 Å². The fourth-order valence-electron chi connectivity index (χ4n) is 3.56. The highest BCUT2D eigenvalue weighted by atomic mass is 16.2. The van der Waals surface area contributed by atoms with Crippen LogP contribution >= 0.6 is 0 Å². The van der Waals surface area contributed by atoms with Gasteiger partial charge in [-0.25, -0.2) is 9.31 Å². The first kappa shape index (κ1) is 17.1. The Morgan fingerprint density at radius 1 is 1.04 bits per heavy atom. The number of anilines is 1. The number of aromatic nitrogens is 2. The third kappa shape index (κ3) is 3.36. The van der Waals surface area contributed by atoms with Gasteiger partial charge in [-0.05, 0) is 43.5 Å². The SMILES string of the molecule is NC(=O)Nc1cccc(-c2cccc3c(C(=O)N4CCCCC4)cnn23)c1. The molecular weight excluding hydrogens is 342 g/mol. The van der Waals surface area contributed by atoms with Gasteiger partial charge in [-0.2, -0.15) is 5.10 Å². The number of piperidine rings is 1. The van der Waals surface area contributed by atoms with E-state index in [4.69, 9.17) is 5.73 Å². The van der Waals surface area contributed by atoms with Crippen molar-refractivity contribution in [2.24, 2.45) is 5.73 Å². The van der Waals surface area contributed by atoms with Gasteiger partial charge in [-0.3, -0.25) is 4.79 Å². The number of primary amides is 1. The summed E-state index contributed by atoms with van der Waals surface area (Å²) >= 11 is 0. The van der Waals surface area contributed by atoms with Crippen molar-refractivity contribution < 1.29 is 9.59 Å². The molecule has 0 aliphatic carbocycles. The van der Waals surface area contributed by atoms with Crippen LogP contribution < -0.4 is 11.1 Å². The van der Waals surface area contributed by atoms with Crippen molar-refractivity contribution in [3.05, 3.63) is 54.2 Å². The summed E-state index contributed by atoms with van der Waals surface area (Å²) in [7, 11) is 0. The van der Waals surface area contributed by atoms with Crippen LogP contribution in [0.15, 0.2) is 48.7 Å². The van der Waals surface area contributed by atoms with E-state index in [1.54, 1.807) is 16.8 Å². The molecule has 0 atom stereocenters. The molecule has 3 aromatic rings. The standard InChI is InChI=1S/C20H21N5O2/c21-20(27)23-15-7-4-6-14(12-15)17-8-5-9-18-16(13-22-25(17)18)19(26)24-10-2-1-3-11-24/h4-9,12-13H,1-3,10-11H2,(H3,21,23,27). The maximum atomic E-state index is 12.9. The molecule has 4 rings (SSSR count). The molecule has 1 aliphatic rings. The maximum absolute atomic E-state index is 12.9. The van der Waals surface area contributed by atoms with Crippen LogP contribution in [0, 0.1) is 0 Å². The smallest absolute Gasteiger partial charge is 0.316 e. The Kier molecular flexibility index (Phi) is 4.50. The highest BCUT2D eigenvalue weighted by molar-refractivity contribution is 6.01. The van der Waals surface area contributed by atoms with Crippen LogP contribution in [0.4, 0.5) is 10.5 Å². The van der Waals surface area contributed by atoms with E-state index in [2.05, 4.69) is 10.4 Å². The molecule has 1 aliphatic heterocycles. The molecule has 0 unspecified atom stereocenters. The fraction of sp³-hybridized carbons (Fsp3) is 0.250. The number of hydrogen-bond donors (Lipinski definition) is 2. The average molecular weight is 363 g/mol. The van der Waals surface area contributed by atoms with Crippen molar-refractivity contribution >= 4 is 23.1 Å². The van der Waals surface area contributed by atoms with Crippen molar-refractivity contribution in [1.29, 1.82) is 0 Å². The predicted octanol–water partition coefficient (Wildman–Crippen LogP) is 3.12. The second-order valence-corrected chi connectivity index (χ2v) is 6.69. The Balaban J connectivity index is 1.73. The molecule has 0 bridgehead atoms. The molecule has 3 heterocycles. The summed E-state index contributed by atoms with van der Waals surface area (Å²) in [6, 6.07) is 12.5. The summed E-state index contributed by atoms with van der Waals surface area (Å²) in [5.74, 6) is 0.0333. The summed E-state index contributed by atoms with van der Waals surface area (Å²) in [6.07, 6.45) is 4.92. The van der Waals surface area contributed by atoms with Gasteiger partial charge in [0.2, 0.25) is 0 Å². The van der Waals surface area contributed by atoms with E-state index in [-0.39, 0.29) is 5.91 Å². The lowest BCUT2D eigenvalue weighted by molar-refractivity contribution is 0.0726. The van der Waals surface area contributed by atoms with Crippen LogP contribution in [0.3, 0.4) is 0 Å². The third-order valence-electron chi connectivity index (χ3n) is 4.84. The monoisotopic (exact) mass is 363 g/mol. The second kappa shape index (κ2) is 7.11. The van der Waals surface area contributed by atoms with Crippen LogP contribution in [0.1, 0.15) is 29.6 Å². The average Bonchev–Trinajstić information content (AvgIpc) is 3.12. The zero-order valence-electron chi connectivity index (χ0n) is 14.9. The Hall–Kier alpha value is -3.35. The first-order chi connectivity index (χ1) is 13.1. The molecule has 0 saturated carbocycles. The van der Waals surface area contributed by atoms with Crippen molar-refractivity contribution in [2.45, 2.75) is 19.3 Å². The molecule has 1 fully saturated rings. The minimum absolute atomic E-state index is 0.0333. The number of urea groups is 1. The Morgan fingerprint density at radius 3 is 2.59 bits per heavy atom. The lowest BCUT2D eigenvalue weighted by Gasteiger charge is -2.26. The highest BCUT2D eigenvalue weighted by Gasteiger charge is 2.22. The normalized spacial score (nSPS) is 14.3. The maximum Gasteiger partial charge on any atom is 0.316 e. The minimum Gasteiger partial charge on any atom is -0.351 e. The van der Waals surface area contributed by atoms with Gasteiger partial charge >= 0.3 is 6.03 Å². The third-order valence-corrected chi connectivity index (χ3v) is 4.84. The Labute approximate surface area is 156 Å². The van der Waals surface area contributed by atoms with Crippen LogP contribution in [-0.2, 0) is 0 Å². The number of hydrogen-bond acceptors (Lipinski definition) is 3. The van der Waals surface area contributed by atoms with Crippen LogP contribution in [-0.4, -0.2) is 39.5 Å². The molecule has 1 saturated heterocycles. The molecule has 1 aromatic carbocycles. The van der Waals surface area contributed by atoms with Crippen molar-refractivity contribution in [3.63, 3.8) is 0 Å². The molecule has 0 radical (unpaired) electrons. The van der Waals surface area contributed by atoms with E-state index in [9.17, 15) is 9.59 Å². The number of amides is 3. The second-order valence-electron chi connectivity index (χ2n) is 6.69. The number of fused-ring (bicyclic) bond motifs is 1. The van der Waals surface area contributed by atoms with E-state index in [0.29, 0.717) is 11.3 Å². The number of rotatable bonds is 3. The van der Waals surface area contributed by atoms with Gasteiger partial charge in [0, 0.05) is 24.3 Å². The first-order valence-corrected chi connectivity index (χ1v) is 9.06. The first-order valence-electron chi connectivity index (χ1n) is 9.06. The number of nitrogens with zero attached hydrogens (tertiary/aromatic N) is 3. The topological polar surface area (TPSA) is 92.7 Å². The van der Waals surface area contributed by atoms with Gasteiger partial charge in [0.25, 0.3) is 5.91 Å². The molecule has 138 valence electrons. The van der Waals surface area contributed by atoms with Gasteiger partial charge in [-0.1, -0.05) is 18.2 Å². The number of nitrogens with one attached hydrogen (secondary N) is 1. The quantitative estimate of drug-likeness (QED) is 0.749. The molecule has 3 amide bonds. The zero-order valence-corrected chi connectivity index (χ0v) is 14.9. The van der Waals surface area contributed by atoms with Gasteiger partial charge in [-0.15, -0.1) is 0 Å². The van der Waals surface area contributed by atoms with Gasteiger partial charge in [0.15, 0.2) is 0 Å². The largest absolute Gasteiger partial charge is 0.351 e. The molecular formula is C20H21N5O2. The molecule has 7 heteroatoms. The molecule has 2 aromatic heterocycles. The number of carbonyl (C=O) groups is 2. The van der Waals surface area contributed by atoms with E-state index in [1.165, 1.54) is 6.42 Å². The predicted molar refractivity (Wildman–Crippen MR) is 104 cm³/mol. The minimum atomic E-state index is -0.612. The van der Waals surface area contributed by atoms with Crippen LogP contribution in [0.5, 0.6) is 0 Å². The molecule has 3 N–H and O–H groups in total. The molecule has 0 spiro atoms. The Morgan fingerprint density at radius 2 is 1.81 bits per heavy atom. The van der Waals surface area contributed by atoms with Crippen molar-refractivity contribution in [2.75, 3.05) is 18.4 Å². The Bertz CT molecular complexity index is 1000. The summed E-state index contributed by atoms with van der Waals surface area (Å²) < 4.78 is 1.76. The lowest BCUT2D eigenvalue weighted by Crippen LogP contribution is -2.35. The summed E-state index contributed by atoms with van der Waals surface area (Å²) in [5, 5.41) is 7.04. The summed E-state index contributed by atoms with van der Waals surface area (Å²) in [4.78, 5) is 25.9. The fourth-order valence-corrected chi connectivity index (χ4v) is 3.56. The summed E-state index contributed by atoms with van der Waals surface area (Å²) in [5.41, 5.74) is 8.90. The molecule has 7 nitrogen and oxygen atoms in total. The number of likely N-dealkylation sites (tertiary alicyclic amines) is 1. The van der Waals surface area contributed by atoms with E-state index in [0.717, 1.165) is 42.7 Å². The number of carbonyl (C=O) groups excluding carboxylic acids is 2. The van der Waals surface area contributed by atoms with E-state index in [1.807, 2.05) is 41.3 Å². The zero-order chi connectivity index (χ0) is 18.8. The molecule has 27 heavy (non-hydrogen) atoms. The van der Waals surface area contributed by atoms with Gasteiger partial charge in [0.05, 0.1) is 23.0 Å². The van der Waals surface area contributed by atoms with Gasteiger partial charge < -0.3 is 16.0 Å². The van der Waals surface area contributed by atoms with E-state index >= 15 is 0 Å². The number of benzene rings is 1.